The summed E-state index contributed by atoms with van der Waals surface area (Å²) < 4.78 is 1.05. The van der Waals surface area contributed by atoms with Gasteiger partial charge in [-0.25, -0.2) is 0 Å². The van der Waals surface area contributed by atoms with Crippen LogP contribution in [0, 0.1) is 0 Å². The zero-order valence-corrected chi connectivity index (χ0v) is 9.25. The molecule has 0 aliphatic carbocycles. The van der Waals surface area contributed by atoms with Gasteiger partial charge in [0.15, 0.2) is 0 Å². The van der Waals surface area contributed by atoms with Gasteiger partial charge in [0.2, 0.25) is 5.91 Å². The highest BCUT2D eigenvalue weighted by Gasteiger charge is 2.23. The number of fused-ring (bicyclic) bond motifs is 1. The van der Waals surface area contributed by atoms with Gasteiger partial charge in [-0.1, -0.05) is 15.9 Å². The van der Waals surface area contributed by atoms with Crippen molar-refractivity contribution in [2.75, 3.05) is 18.0 Å². The van der Waals surface area contributed by atoms with E-state index in [1.54, 1.807) is 4.90 Å². The third kappa shape index (κ3) is 1.55. The summed E-state index contributed by atoms with van der Waals surface area (Å²) in [7, 11) is 0. The largest absolute Gasteiger partial charge is 0.322 e. The molecule has 1 aromatic carbocycles. The summed E-state index contributed by atoms with van der Waals surface area (Å²) in [6.45, 7) is 0.831. The summed E-state index contributed by atoms with van der Waals surface area (Å²) in [5.41, 5.74) is 7.55. The number of nitrogens with two attached hydrogens (primary N) is 1. The lowest BCUT2D eigenvalue weighted by Crippen LogP contribution is -2.34. The van der Waals surface area contributed by atoms with Gasteiger partial charge >= 0.3 is 0 Å². The van der Waals surface area contributed by atoms with Gasteiger partial charge in [-0.3, -0.25) is 4.79 Å². The first-order valence-electron chi connectivity index (χ1n) is 4.51. The van der Waals surface area contributed by atoms with E-state index in [0.717, 1.165) is 23.1 Å². The van der Waals surface area contributed by atoms with Crippen LogP contribution in [0.1, 0.15) is 5.56 Å². The monoisotopic (exact) mass is 254 g/mol. The fourth-order valence-electron chi connectivity index (χ4n) is 1.74. The Balaban J connectivity index is 2.35. The van der Waals surface area contributed by atoms with Gasteiger partial charge in [0, 0.05) is 16.7 Å². The van der Waals surface area contributed by atoms with Crippen LogP contribution in [0.3, 0.4) is 0 Å². The molecule has 3 nitrogen and oxygen atoms in total. The van der Waals surface area contributed by atoms with Crippen LogP contribution in [0.5, 0.6) is 0 Å². The van der Waals surface area contributed by atoms with Crippen LogP contribution >= 0.6 is 15.9 Å². The van der Waals surface area contributed by atoms with Crippen molar-refractivity contribution in [3.05, 3.63) is 28.2 Å². The van der Waals surface area contributed by atoms with Gasteiger partial charge in [-0.05, 0) is 30.2 Å². The minimum absolute atomic E-state index is 0.00827. The highest BCUT2D eigenvalue weighted by Crippen LogP contribution is 2.30. The van der Waals surface area contributed by atoms with Crippen LogP contribution in [0.25, 0.3) is 0 Å². The summed E-state index contributed by atoms with van der Waals surface area (Å²) in [5, 5.41) is 0. The van der Waals surface area contributed by atoms with Crippen LogP contribution in [0.2, 0.25) is 0 Å². The standard InChI is InChI=1S/C10H11BrN2O/c11-8-1-2-9-7(5-8)3-4-13(9)10(14)6-12/h1-2,5H,3-4,6,12H2. The lowest BCUT2D eigenvalue weighted by molar-refractivity contribution is -0.117. The smallest absolute Gasteiger partial charge is 0.240 e. The van der Waals surface area contributed by atoms with Crippen molar-refractivity contribution < 1.29 is 4.79 Å². The normalized spacial score (nSPS) is 14.3. The van der Waals surface area contributed by atoms with Crippen LogP contribution < -0.4 is 10.6 Å². The minimum atomic E-state index is -0.00827. The molecule has 1 aliphatic heterocycles. The molecule has 0 atom stereocenters. The molecule has 1 aromatic rings. The van der Waals surface area contributed by atoms with E-state index in [1.807, 2.05) is 12.1 Å². The number of rotatable bonds is 1. The molecule has 1 amide bonds. The van der Waals surface area contributed by atoms with E-state index < -0.39 is 0 Å². The van der Waals surface area contributed by atoms with E-state index in [9.17, 15) is 4.79 Å². The van der Waals surface area contributed by atoms with E-state index in [2.05, 4.69) is 22.0 Å². The van der Waals surface area contributed by atoms with Crippen molar-refractivity contribution in [2.24, 2.45) is 5.73 Å². The summed E-state index contributed by atoms with van der Waals surface area (Å²) in [5.74, 6) is -0.00827. The van der Waals surface area contributed by atoms with E-state index in [0.29, 0.717) is 0 Å². The summed E-state index contributed by atoms with van der Waals surface area (Å²) in [6, 6.07) is 5.96. The molecule has 0 unspecified atom stereocenters. The number of carbonyl (C=O) groups is 1. The predicted molar refractivity (Wildman–Crippen MR) is 59.3 cm³/mol. The molecule has 0 saturated carbocycles. The van der Waals surface area contributed by atoms with Gasteiger partial charge in [-0.2, -0.15) is 0 Å². The average Bonchev–Trinajstić information content (AvgIpc) is 2.59. The Hall–Kier alpha value is -0.870. The molecule has 1 aliphatic rings. The molecule has 1 heterocycles. The molecule has 4 heteroatoms. The van der Waals surface area contributed by atoms with Crippen molar-refractivity contribution >= 4 is 27.5 Å². The Morgan fingerprint density at radius 1 is 1.57 bits per heavy atom. The Morgan fingerprint density at radius 3 is 3.07 bits per heavy atom. The van der Waals surface area contributed by atoms with Gasteiger partial charge in [0.05, 0.1) is 6.54 Å². The van der Waals surface area contributed by atoms with Crippen molar-refractivity contribution in [2.45, 2.75) is 6.42 Å². The van der Waals surface area contributed by atoms with Gasteiger partial charge in [-0.15, -0.1) is 0 Å². The Morgan fingerprint density at radius 2 is 2.36 bits per heavy atom. The predicted octanol–water partition coefficient (Wildman–Crippen LogP) is 1.30. The van der Waals surface area contributed by atoms with Crippen molar-refractivity contribution in [3.63, 3.8) is 0 Å². The number of halogens is 1. The first-order chi connectivity index (χ1) is 6.72. The van der Waals surface area contributed by atoms with E-state index in [4.69, 9.17) is 5.73 Å². The maximum absolute atomic E-state index is 11.5. The number of benzene rings is 1. The molecular weight excluding hydrogens is 244 g/mol. The maximum atomic E-state index is 11.5. The Kier molecular flexibility index (Phi) is 2.56. The zero-order valence-electron chi connectivity index (χ0n) is 7.66. The van der Waals surface area contributed by atoms with Crippen molar-refractivity contribution in [1.29, 1.82) is 0 Å². The third-order valence-electron chi connectivity index (χ3n) is 2.41. The first-order valence-corrected chi connectivity index (χ1v) is 5.30. The van der Waals surface area contributed by atoms with Crippen LogP contribution in [0.15, 0.2) is 22.7 Å². The molecule has 14 heavy (non-hydrogen) atoms. The lowest BCUT2D eigenvalue weighted by Gasteiger charge is -2.15. The summed E-state index contributed by atoms with van der Waals surface area (Å²) in [6.07, 6.45) is 0.917. The summed E-state index contributed by atoms with van der Waals surface area (Å²) in [4.78, 5) is 13.2. The Bertz CT molecular complexity index is 378. The third-order valence-corrected chi connectivity index (χ3v) is 2.91. The number of carbonyl (C=O) groups excluding carboxylic acids is 1. The number of amides is 1. The molecule has 0 spiro atoms. The van der Waals surface area contributed by atoms with Crippen molar-refractivity contribution in [3.8, 4) is 0 Å². The second kappa shape index (κ2) is 3.71. The van der Waals surface area contributed by atoms with E-state index >= 15 is 0 Å². The molecule has 0 aromatic heterocycles. The molecule has 0 fully saturated rings. The molecular formula is C10H11BrN2O. The molecule has 0 radical (unpaired) electrons. The van der Waals surface area contributed by atoms with Crippen LogP contribution in [-0.4, -0.2) is 19.0 Å². The highest BCUT2D eigenvalue weighted by atomic mass is 79.9. The molecule has 2 rings (SSSR count). The van der Waals surface area contributed by atoms with Crippen molar-refractivity contribution in [1.82, 2.24) is 0 Å². The fourth-order valence-corrected chi connectivity index (χ4v) is 2.15. The highest BCUT2D eigenvalue weighted by molar-refractivity contribution is 9.10. The lowest BCUT2D eigenvalue weighted by atomic mass is 10.2. The zero-order chi connectivity index (χ0) is 10.1. The second-order valence-electron chi connectivity index (χ2n) is 3.27. The molecule has 2 N–H and O–H groups in total. The van der Waals surface area contributed by atoms with Gasteiger partial charge in [0.1, 0.15) is 0 Å². The van der Waals surface area contributed by atoms with Crippen LogP contribution in [-0.2, 0) is 11.2 Å². The van der Waals surface area contributed by atoms with E-state index in [-0.39, 0.29) is 12.5 Å². The second-order valence-corrected chi connectivity index (χ2v) is 4.19. The topological polar surface area (TPSA) is 46.3 Å². The Labute approximate surface area is 91.0 Å². The van der Waals surface area contributed by atoms with Gasteiger partial charge < -0.3 is 10.6 Å². The maximum Gasteiger partial charge on any atom is 0.240 e. The summed E-state index contributed by atoms with van der Waals surface area (Å²) >= 11 is 3.41. The molecule has 0 saturated heterocycles. The minimum Gasteiger partial charge on any atom is -0.322 e. The fraction of sp³-hybridized carbons (Fsp3) is 0.300. The SMILES string of the molecule is NCC(=O)N1CCc2cc(Br)ccc21. The number of hydrogen-bond acceptors (Lipinski definition) is 2. The number of anilines is 1. The average molecular weight is 255 g/mol. The van der Waals surface area contributed by atoms with E-state index in [1.165, 1.54) is 5.56 Å². The molecule has 0 bridgehead atoms. The van der Waals surface area contributed by atoms with Gasteiger partial charge in [0.25, 0.3) is 0 Å². The quantitative estimate of drug-likeness (QED) is 0.822. The number of nitrogens with zero attached hydrogens (tertiary/aromatic N) is 1. The molecule has 74 valence electrons. The van der Waals surface area contributed by atoms with Crippen LogP contribution in [0.4, 0.5) is 5.69 Å². The first kappa shape index (κ1) is 9.68. The number of hydrogen-bond donors (Lipinski definition) is 1.